The molecule has 0 aromatic heterocycles. The molecule has 0 aliphatic heterocycles. The fraction of sp³-hybridized carbons (Fsp3) is 0.385. The lowest BCUT2D eigenvalue weighted by atomic mass is 10.1. The third-order valence-corrected chi connectivity index (χ3v) is 3.31. The summed E-state index contributed by atoms with van der Waals surface area (Å²) in [6.45, 7) is -0.341. The van der Waals surface area contributed by atoms with Crippen LogP contribution in [0.15, 0.2) is 22.7 Å². The molecule has 0 bridgehead atoms. The number of carboxylic acid groups (broad SMARTS) is 1. The molecule has 22 heavy (non-hydrogen) atoms. The van der Waals surface area contributed by atoms with Crippen LogP contribution in [0.2, 0.25) is 0 Å². The second kappa shape index (κ2) is 7.48. The standard InChI is InChI=1S/C13H14BrF3N2O3/c1-19(5-4-11(20)21)12(22)18-7-8-2-3-9(14)6-10(8)13(15,16)17/h2-3,6H,4-5,7H2,1H3,(H,18,22)(H,20,21). The summed E-state index contributed by atoms with van der Waals surface area (Å²) in [6, 6.07) is 3.02. The normalized spacial score (nSPS) is 11.1. The molecule has 1 aromatic carbocycles. The maximum Gasteiger partial charge on any atom is 0.416 e. The van der Waals surface area contributed by atoms with Crippen molar-refractivity contribution in [1.29, 1.82) is 0 Å². The van der Waals surface area contributed by atoms with Crippen molar-refractivity contribution in [2.75, 3.05) is 13.6 Å². The predicted octanol–water partition coefficient (Wildman–Crippen LogP) is 3.08. The van der Waals surface area contributed by atoms with Crippen LogP contribution in [0.1, 0.15) is 17.5 Å². The van der Waals surface area contributed by atoms with Gasteiger partial charge in [0.25, 0.3) is 0 Å². The Hall–Kier alpha value is -1.77. The zero-order valence-electron chi connectivity index (χ0n) is 11.6. The van der Waals surface area contributed by atoms with Gasteiger partial charge in [-0.25, -0.2) is 4.79 Å². The Morgan fingerprint density at radius 3 is 2.55 bits per heavy atom. The van der Waals surface area contributed by atoms with E-state index >= 15 is 0 Å². The van der Waals surface area contributed by atoms with E-state index in [0.717, 1.165) is 11.0 Å². The third kappa shape index (κ3) is 5.55. The van der Waals surface area contributed by atoms with Crippen LogP contribution >= 0.6 is 15.9 Å². The number of nitrogens with one attached hydrogen (secondary N) is 1. The largest absolute Gasteiger partial charge is 0.481 e. The van der Waals surface area contributed by atoms with Gasteiger partial charge in [0, 0.05) is 24.6 Å². The molecule has 0 atom stereocenters. The lowest BCUT2D eigenvalue weighted by Crippen LogP contribution is -2.38. The maximum absolute atomic E-state index is 12.9. The Morgan fingerprint density at radius 2 is 2.00 bits per heavy atom. The number of rotatable bonds is 5. The zero-order valence-corrected chi connectivity index (χ0v) is 13.2. The fourth-order valence-electron chi connectivity index (χ4n) is 1.64. The van der Waals surface area contributed by atoms with Gasteiger partial charge in [0.15, 0.2) is 0 Å². The summed E-state index contributed by atoms with van der Waals surface area (Å²) in [7, 11) is 1.37. The summed E-state index contributed by atoms with van der Waals surface area (Å²) in [5, 5.41) is 10.8. The van der Waals surface area contributed by atoms with Gasteiger partial charge in [-0.15, -0.1) is 0 Å². The number of hydrogen-bond acceptors (Lipinski definition) is 2. The number of carboxylic acids is 1. The van der Waals surface area contributed by atoms with Crippen molar-refractivity contribution in [2.45, 2.75) is 19.1 Å². The number of urea groups is 1. The Balaban J connectivity index is 2.72. The smallest absolute Gasteiger partial charge is 0.416 e. The van der Waals surface area contributed by atoms with Gasteiger partial charge in [0.2, 0.25) is 0 Å². The molecule has 0 fully saturated rings. The minimum Gasteiger partial charge on any atom is -0.481 e. The molecule has 9 heteroatoms. The average Bonchev–Trinajstić information content (AvgIpc) is 2.41. The highest BCUT2D eigenvalue weighted by Crippen LogP contribution is 2.33. The summed E-state index contributed by atoms with van der Waals surface area (Å²) in [5.74, 6) is -1.06. The Kier molecular flexibility index (Phi) is 6.21. The number of nitrogens with zero attached hydrogens (tertiary/aromatic N) is 1. The summed E-state index contributed by atoms with van der Waals surface area (Å²) in [6.07, 6.45) is -4.77. The summed E-state index contributed by atoms with van der Waals surface area (Å²) in [5.41, 5.74) is -0.911. The Labute approximate surface area is 133 Å². The van der Waals surface area contributed by atoms with Crippen LogP contribution in [0, 0.1) is 0 Å². The number of halogens is 4. The van der Waals surface area contributed by atoms with Gasteiger partial charge in [0.05, 0.1) is 12.0 Å². The van der Waals surface area contributed by atoms with Crippen LogP contribution in [-0.4, -0.2) is 35.6 Å². The summed E-state index contributed by atoms with van der Waals surface area (Å²) < 4.78 is 39.0. The third-order valence-electron chi connectivity index (χ3n) is 2.82. The van der Waals surface area contributed by atoms with Gasteiger partial charge < -0.3 is 15.3 Å². The Bertz CT molecular complexity index is 564. The topological polar surface area (TPSA) is 69.6 Å². The van der Waals surface area contributed by atoms with E-state index in [1.807, 2.05) is 0 Å². The second-order valence-electron chi connectivity index (χ2n) is 4.52. The molecule has 5 nitrogen and oxygen atoms in total. The molecule has 0 aliphatic rings. The van der Waals surface area contributed by atoms with E-state index in [0.29, 0.717) is 0 Å². The van der Waals surface area contributed by atoms with Gasteiger partial charge in [-0.3, -0.25) is 4.79 Å². The second-order valence-corrected chi connectivity index (χ2v) is 5.44. The van der Waals surface area contributed by atoms with E-state index in [9.17, 15) is 22.8 Å². The highest BCUT2D eigenvalue weighted by atomic mass is 79.9. The number of benzene rings is 1. The molecule has 0 radical (unpaired) electrons. The first-order valence-corrected chi connectivity index (χ1v) is 6.97. The molecule has 0 spiro atoms. The van der Waals surface area contributed by atoms with Crippen LogP contribution in [0.5, 0.6) is 0 Å². The molecule has 0 saturated heterocycles. The van der Waals surface area contributed by atoms with Crippen LogP contribution < -0.4 is 5.32 Å². The molecule has 0 aliphatic carbocycles. The molecule has 1 rings (SSSR count). The van der Waals surface area contributed by atoms with Gasteiger partial charge in [0.1, 0.15) is 0 Å². The van der Waals surface area contributed by atoms with Crippen LogP contribution in [-0.2, 0) is 17.5 Å². The molecule has 0 unspecified atom stereocenters. The molecular formula is C13H14BrF3N2O3. The van der Waals surface area contributed by atoms with Crippen molar-refractivity contribution in [3.8, 4) is 0 Å². The molecule has 0 heterocycles. The first kappa shape index (κ1) is 18.3. The highest BCUT2D eigenvalue weighted by Gasteiger charge is 2.33. The van der Waals surface area contributed by atoms with Gasteiger partial charge >= 0.3 is 18.2 Å². The molecule has 2 N–H and O–H groups in total. The van der Waals surface area contributed by atoms with Crippen LogP contribution in [0.3, 0.4) is 0 Å². The van der Waals surface area contributed by atoms with E-state index in [1.165, 1.54) is 19.2 Å². The number of carbonyl (C=O) groups is 2. The first-order valence-electron chi connectivity index (χ1n) is 6.17. The van der Waals surface area contributed by atoms with E-state index in [-0.39, 0.29) is 29.5 Å². The molecular weight excluding hydrogens is 369 g/mol. The maximum atomic E-state index is 12.9. The minimum absolute atomic E-state index is 0.0341. The van der Waals surface area contributed by atoms with Crippen molar-refractivity contribution in [3.05, 3.63) is 33.8 Å². The van der Waals surface area contributed by atoms with Crippen molar-refractivity contribution >= 4 is 27.9 Å². The molecule has 1 aromatic rings. The number of aliphatic carboxylic acids is 1. The fourth-order valence-corrected chi connectivity index (χ4v) is 2.00. The summed E-state index contributed by atoms with van der Waals surface area (Å²) >= 11 is 2.97. The number of carbonyl (C=O) groups excluding carboxylic acids is 1. The van der Waals surface area contributed by atoms with E-state index < -0.39 is 23.7 Å². The first-order chi connectivity index (χ1) is 10.1. The molecule has 122 valence electrons. The highest BCUT2D eigenvalue weighted by molar-refractivity contribution is 9.10. The average molecular weight is 383 g/mol. The van der Waals surface area contributed by atoms with E-state index in [2.05, 4.69) is 21.2 Å². The quantitative estimate of drug-likeness (QED) is 0.821. The van der Waals surface area contributed by atoms with Crippen LogP contribution in [0.25, 0.3) is 0 Å². The number of alkyl halides is 3. The Morgan fingerprint density at radius 1 is 1.36 bits per heavy atom. The van der Waals surface area contributed by atoms with Gasteiger partial charge in [-0.2, -0.15) is 13.2 Å². The lowest BCUT2D eigenvalue weighted by molar-refractivity contribution is -0.138. The van der Waals surface area contributed by atoms with Crippen molar-refractivity contribution in [2.24, 2.45) is 0 Å². The molecule has 2 amide bonds. The SMILES string of the molecule is CN(CCC(=O)O)C(=O)NCc1ccc(Br)cc1C(F)(F)F. The lowest BCUT2D eigenvalue weighted by Gasteiger charge is -2.18. The van der Waals surface area contributed by atoms with Crippen LogP contribution in [0.4, 0.5) is 18.0 Å². The van der Waals surface area contributed by atoms with E-state index in [1.54, 1.807) is 0 Å². The molecule has 0 saturated carbocycles. The number of amides is 2. The van der Waals surface area contributed by atoms with Crippen molar-refractivity contribution in [3.63, 3.8) is 0 Å². The van der Waals surface area contributed by atoms with Gasteiger partial charge in [-0.1, -0.05) is 22.0 Å². The van der Waals surface area contributed by atoms with Crippen molar-refractivity contribution < 1.29 is 27.9 Å². The van der Waals surface area contributed by atoms with Crippen molar-refractivity contribution in [1.82, 2.24) is 10.2 Å². The predicted molar refractivity (Wildman–Crippen MR) is 76.3 cm³/mol. The summed E-state index contributed by atoms with van der Waals surface area (Å²) in [4.78, 5) is 23.2. The van der Waals surface area contributed by atoms with Gasteiger partial charge in [-0.05, 0) is 17.7 Å². The van der Waals surface area contributed by atoms with E-state index in [4.69, 9.17) is 5.11 Å². The zero-order chi connectivity index (χ0) is 16.9. The minimum atomic E-state index is -4.53. The number of hydrogen-bond donors (Lipinski definition) is 2. The monoisotopic (exact) mass is 382 g/mol.